The van der Waals surface area contributed by atoms with E-state index in [1.54, 1.807) is 11.3 Å². The van der Waals surface area contributed by atoms with Crippen LogP contribution in [0.4, 0.5) is 5.13 Å². The van der Waals surface area contributed by atoms with Crippen LogP contribution in [0.3, 0.4) is 0 Å². The van der Waals surface area contributed by atoms with Gasteiger partial charge in [0.05, 0.1) is 6.54 Å². The molecule has 0 bridgehead atoms. The van der Waals surface area contributed by atoms with Gasteiger partial charge in [-0.15, -0.1) is 11.3 Å². The molecule has 2 rings (SSSR count). The van der Waals surface area contributed by atoms with Crippen molar-refractivity contribution in [3.63, 3.8) is 0 Å². The maximum absolute atomic E-state index is 11.3. The fourth-order valence-electron chi connectivity index (χ4n) is 1.52. The number of nitrogens with one attached hydrogen (secondary N) is 1. The Balaban J connectivity index is 2.15. The molecule has 0 amide bonds. The Bertz CT molecular complexity index is 599. The number of carboxylic acids is 1. The minimum absolute atomic E-state index is 0.178. The van der Waals surface area contributed by atoms with Gasteiger partial charge in [-0.2, -0.15) is 0 Å². The molecule has 2 aromatic rings. The smallest absolute Gasteiger partial charge is 0.356 e. The number of aromatic carboxylic acids is 1. The summed E-state index contributed by atoms with van der Waals surface area (Å²) in [7, 11) is 0. The molecule has 0 spiro atoms. The summed E-state index contributed by atoms with van der Waals surface area (Å²) in [4.78, 5) is 28.8. The number of nitrogens with zero attached hydrogens (tertiary/aromatic N) is 1. The predicted octanol–water partition coefficient (Wildman–Crippen LogP) is 3.03. The van der Waals surface area contributed by atoms with Crippen LogP contribution in [0.25, 0.3) is 0 Å². The van der Waals surface area contributed by atoms with Crippen LogP contribution in [0.5, 0.6) is 0 Å². The summed E-state index contributed by atoms with van der Waals surface area (Å²) in [5, 5.41) is 12.5. The molecular formula is C12H12N2O3S2. The largest absolute Gasteiger partial charge is 0.476 e. The number of hydrogen-bond donors (Lipinski definition) is 2. The summed E-state index contributed by atoms with van der Waals surface area (Å²) in [5.41, 5.74) is -0.178. The van der Waals surface area contributed by atoms with Gasteiger partial charge in [-0.1, -0.05) is 11.3 Å². The number of rotatable bonds is 5. The third-order valence-corrected chi connectivity index (χ3v) is 4.47. The second-order valence-corrected chi connectivity index (χ2v) is 6.30. The van der Waals surface area contributed by atoms with Crippen LogP contribution in [-0.2, 0) is 6.54 Å². The van der Waals surface area contributed by atoms with Gasteiger partial charge in [0.25, 0.3) is 0 Å². The standard InChI is InChI=1S/C12H12N2O3S2/c1-6-3-4-8(18-6)5-13-12-14-9(11(16)17)10(19-12)7(2)15/h3-4H,5H2,1-2H3,(H,13,14)(H,16,17). The monoisotopic (exact) mass is 296 g/mol. The third-order valence-electron chi connectivity index (χ3n) is 2.36. The van der Waals surface area contributed by atoms with Crippen molar-refractivity contribution in [2.45, 2.75) is 20.4 Å². The summed E-state index contributed by atoms with van der Waals surface area (Å²) < 4.78 is 0. The van der Waals surface area contributed by atoms with Gasteiger partial charge in [0, 0.05) is 16.7 Å². The first-order valence-electron chi connectivity index (χ1n) is 5.51. The zero-order valence-corrected chi connectivity index (χ0v) is 12.0. The Hall–Kier alpha value is -1.73. The summed E-state index contributed by atoms with van der Waals surface area (Å²) in [6.45, 7) is 3.93. The lowest BCUT2D eigenvalue weighted by Crippen LogP contribution is -2.04. The van der Waals surface area contributed by atoms with E-state index in [-0.39, 0.29) is 16.4 Å². The van der Waals surface area contributed by atoms with Crippen molar-refractivity contribution in [1.82, 2.24) is 4.98 Å². The number of aryl methyl sites for hydroxylation is 1. The molecule has 0 aromatic carbocycles. The molecule has 5 nitrogen and oxygen atoms in total. The van der Waals surface area contributed by atoms with Gasteiger partial charge in [0.1, 0.15) is 4.88 Å². The fourth-order valence-corrected chi connectivity index (χ4v) is 3.20. The molecule has 7 heteroatoms. The second kappa shape index (κ2) is 5.50. The first-order chi connectivity index (χ1) is 8.97. The molecular weight excluding hydrogens is 284 g/mol. The lowest BCUT2D eigenvalue weighted by Gasteiger charge is -1.98. The number of Topliss-reactive ketones (excluding diaryl/α,β-unsaturated/α-hetero) is 1. The number of carbonyl (C=O) groups excluding carboxylic acids is 1. The van der Waals surface area contributed by atoms with E-state index in [9.17, 15) is 9.59 Å². The highest BCUT2D eigenvalue weighted by atomic mass is 32.1. The molecule has 0 atom stereocenters. The van der Waals surface area contributed by atoms with Crippen molar-refractivity contribution < 1.29 is 14.7 Å². The summed E-state index contributed by atoms with van der Waals surface area (Å²) in [6.07, 6.45) is 0. The maximum atomic E-state index is 11.3. The Morgan fingerprint density at radius 3 is 2.58 bits per heavy atom. The molecule has 0 radical (unpaired) electrons. The molecule has 0 unspecified atom stereocenters. The number of thiophene rings is 1. The van der Waals surface area contributed by atoms with Crippen molar-refractivity contribution in [3.05, 3.63) is 32.5 Å². The molecule has 2 N–H and O–H groups in total. The molecule has 0 fully saturated rings. The average molecular weight is 296 g/mol. The van der Waals surface area contributed by atoms with Crippen molar-refractivity contribution in [2.24, 2.45) is 0 Å². The fraction of sp³-hybridized carbons (Fsp3) is 0.250. The van der Waals surface area contributed by atoms with E-state index in [4.69, 9.17) is 5.11 Å². The topological polar surface area (TPSA) is 79.3 Å². The zero-order valence-electron chi connectivity index (χ0n) is 10.4. The molecule has 100 valence electrons. The molecule has 0 aliphatic rings. The minimum atomic E-state index is -1.18. The summed E-state index contributed by atoms with van der Waals surface area (Å²) in [6, 6.07) is 4.03. The van der Waals surface area contributed by atoms with Crippen LogP contribution in [0.2, 0.25) is 0 Å². The third kappa shape index (κ3) is 3.18. The number of aromatic nitrogens is 1. The summed E-state index contributed by atoms with van der Waals surface area (Å²) in [5.74, 6) is -1.46. The predicted molar refractivity (Wildman–Crippen MR) is 75.5 cm³/mol. The van der Waals surface area contributed by atoms with E-state index in [1.807, 2.05) is 19.1 Å². The van der Waals surface area contributed by atoms with Crippen LogP contribution in [0.15, 0.2) is 12.1 Å². The summed E-state index contributed by atoms with van der Waals surface area (Å²) >= 11 is 2.74. The quantitative estimate of drug-likeness (QED) is 0.829. The molecule has 19 heavy (non-hydrogen) atoms. The van der Waals surface area contributed by atoms with Gasteiger partial charge in [-0.05, 0) is 19.1 Å². The van der Waals surface area contributed by atoms with Gasteiger partial charge in [0.2, 0.25) is 0 Å². The van der Waals surface area contributed by atoms with Crippen molar-refractivity contribution in [1.29, 1.82) is 0 Å². The van der Waals surface area contributed by atoms with Crippen LogP contribution in [0.1, 0.15) is 36.8 Å². The van der Waals surface area contributed by atoms with E-state index in [0.717, 1.165) is 16.2 Å². The molecule has 2 heterocycles. The van der Waals surface area contributed by atoms with E-state index >= 15 is 0 Å². The van der Waals surface area contributed by atoms with Crippen molar-refractivity contribution >= 4 is 39.6 Å². The van der Waals surface area contributed by atoms with E-state index in [0.29, 0.717) is 11.7 Å². The van der Waals surface area contributed by atoms with E-state index in [2.05, 4.69) is 10.3 Å². The van der Waals surface area contributed by atoms with Crippen LogP contribution < -0.4 is 5.32 Å². The number of carbonyl (C=O) groups is 2. The van der Waals surface area contributed by atoms with Gasteiger partial charge < -0.3 is 10.4 Å². The molecule has 0 aliphatic heterocycles. The normalized spacial score (nSPS) is 10.4. The molecule has 2 aromatic heterocycles. The maximum Gasteiger partial charge on any atom is 0.356 e. The van der Waals surface area contributed by atoms with Gasteiger partial charge in [-0.25, -0.2) is 9.78 Å². The number of thiazole rings is 1. The number of anilines is 1. The van der Waals surface area contributed by atoms with Crippen molar-refractivity contribution in [3.8, 4) is 0 Å². The van der Waals surface area contributed by atoms with E-state index < -0.39 is 5.97 Å². The average Bonchev–Trinajstić information content (AvgIpc) is 2.92. The second-order valence-electron chi connectivity index (χ2n) is 3.92. The number of ketones is 1. The number of hydrogen-bond acceptors (Lipinski definition) is 6. The molecule has 0 aliphatic carbocycles. The highest BCUT2D eigenvalue weighted by molar-refractivity contribution is 7.17. The van der Waals surface area contributed by atoms with Crippen LogP contribution in [0, 0.1) is 6.92 Å². The Morgan fingerprint density at radius 2 is 2.11 bits per heavy atom. The minimum Gasteiger partial charge on any atom is -0.476 e. The first kappa shape index (κ1) is 13.7. The SMILES string of the molecule is CC(=O)c1sc(NCc2ccc(C)s2)nc1C(=O)O. The number of carboxylic acid groups (broad SMARTS) is 1. The zero-order chi connectivity index (χ0) is 14.0. The van der Waals surface area contributed by atoms with Gasteiger partial charge in [0.15, 0.2) is 16.6 Å². The molecule has 0 saturated heterocycles. The highest BCUT2D eigenvalue weighted by Gasteiger charge is 2.20. The lowest BCUT2D eigenvalue weighted by atomic mass is 10.3. The van der Waals surface area contributed by atoms with Gasteiger partial charge in [-0.3, -0.25) is 4.79 Å². The Labute approximate surface area is 117 Å². The lowest BCUT2D eigenvalue weighted by molar-refractivity contribution is 0.0687. The highest BCUT2D eigenvalue weighted by Crippen LogP contribution is 2.25. The van der Waals surface area contributed by atoms with Crippen LogP contribution >= 0.6 is 22.7 Å². The van der Waals surface area contributed by atoms with Crippen LogP contribution in [-0.4, -0.2) is 21.8 Å². The molecule has 0 saturated carbocycles. The Morgan fingerprint density at radius 1 is 1.37 bits per heavy atom. The first-order valence-corrected chi connectivity index (χ1v) is 7.15. The Kier molecular flexibility index (Phi) is 3.96. The van der Waals surface area contributed by atoms with Gasteiger partial charge >= 0.3 is 5.97 Å². The van der Waals surface area contributed by atoms with Crippen molar-refractivity contribution in [2.75, 3.05) is 5.32 Å². The van der Waals surface area contributed by atoms with E-state index in [1.165, 1.54) is 11.8 Å².